The number of carbonyl (C=O) groups excluding carboxylic acids is 1. The first-order chi connectivity index (χ1) is 10.7. The minimum atomic E-state index is -0.543. The first kappa shape index (κ1) is 16.3. The minimum Gasteiger partial charge on any atom is -0.390 e. The Balaban J connectivity index is 1.63. The Labute approximate surface area is 130 Å². The van der Waals surface area contributed by atoms with E-state index in [1.54, 1.807) is 24.3 Å². The monoisotopic (exact) mass is 302 g/mol. The lowest BCUT2D eigenvalue weighted by atomic mass is 10.1. The molecule has 1 aromatic carbocycles. The Kier molecular flexibility index (Phi) is 6.19. The van der Waals surface area contributed by atoms with Gasteiger partial charge in [0.2, 0.25) is 0 Å². The van der Waals surface area contributed by atoms with Gasteiger partial charge in [0, 0.05) is 19.6 Å². The fraction of sp³-hybridized carbons (Fsp3) is 0.500. The van der Waals surface area contributed by atoms with Crippen LogP contribution in [-0.2, 0) is 6.54 Å². The molecule has 0 aliphatic carbocycles. The maximum Gasteiger partial charge on any atom is 0.315 e. The molecule has 1 heterocycles. The van der Waals surface area contributed by atoms with Crippen LogP contribution in [0.1, 0.15) is 24.0 Å². The lowest BCUT2D eigenvalue weighted by Gasteiger charge is -2.19. The Morgan fingerprint density at radius 3 is 2.59 bits per heavy atom. The Bertz CT molecular complexity index is 518. The maximum absolute atomic E-state index is 11.7. The van der Waals surface area contributed by atoms with Gasteiger partial charge in [0.05, 0.1) is 17.7 Å². The predicted octanol–water partition coefficient (Wildman–Crippen LogP) is 0.814. The van der Waals surface area contributed by atoms with Crippen LogP contribution in [0.25, 0.3) is 0 Å². The van der Waals surface area contributed by atoms with E-state index >= 15 is 0 Å². The number of carbonyl (C=O) groups is 1. The number of nitrogens with one attached hydrogen (secondary N) is 2. The van der Waals surface area contributed by atoms with Gasteiger partial charge in [-0.2, -0.15) is 5.26 Å². The molecule has 1 aliphatic heterocycles. The van der Waals surface area contributed by atoms with Crippen LogP contribution in [0.2, 0.25) is 0 Å². The summed E-state index contributed by atoms with van der Waals surface area (Å²) in [5.41, 5.74) is 1.52. The van der Waals surface area contributed by atoms with Gasteiger partial charge in [0.15, 0.2) is 0 Å². The van der Waals surface area contributed by atoms with Gasteiger partial charge >= 0.3 is 6.03 Å². The Hall–Kier alpha value is -2.10. The van der Waals surface area contributed by atoms with E-state index in [-0.39, 0.29) is 12.6 Å². The largest absolute Gasteiger partial charge is 0.390 e. The Morgan fingerprint density at radius 2 is 1.95 bits per heavy atom. The molecular formula is C16H22N4O2. The van der Waals surface area contributed by atoms with Crippen molar-refractivity contribution in [2.24, 2.45) is 0 Å². The fourth-order valence-electron chi connectivity index (χ4n) is 2.48. The number of urea groups is 1. The van der Waals surface area contributed by atoms with E-state index in [1.165, 1.54) is 12.8 Å². The number of aliphatic hydroxyl groups excluding tert-OH is 1. The van der Waals surface area contributed by atoms with E-state index in [9.17, 15) is 9.90 Å². The number of rotatable bonds is 6. The molecule has 2 amide bonds. The van der Waals surface area contributed by atoms with Gasteiger partial charge in [-0.15, -0.1) is 0 Å². The molecule has 0 spiro atoms. The normalized spacial score (nSPS) is 16.0. The summed E-state index contributed by atoms with van der Waals surface area (Å²) in [6, 6.07) is 8.80. The minimum absolute atomic E-state index is 0.246. The van der Waals surface area contributed by atoms with Gasteiger partial charge < -0.3 is 20.6 Å². The number of nitrogens with zero attached hydrogens (tertiary/aromatic N) is 2. The highest BCUT2D eigenvalue weighted by molar-refractivity contribution is 5.73. The van der Waals surface area contributed by atoms with Crippen molar-refractivity contribution < 1.29 is 9.90 Å². The van der Waals surface area contributed by atoms with Crippen molar-refractivity contribution in [3.63, 3.8) is 0 Å². The molecule has 0 bridgehead atoms. The molecular weight excluding hydrogens is 280 g/mol. The second-order valence-corrected chi connectivity index (χ2v) is 5.53. The highest BCUT2D eigenvalue weighted by atomic mass is 16.3. The number of amides is 2. The van der Waals surface area contributed by atoms with E-state index < -0.39 is 6.10 Å². The molecule has 22 heavy (non-hydrogen) atoms. The van der Waals surface area contributed by atoms with Crippen LogP contribution in [0.4, 0.5) is 4.79 Å². The summed E-state index contributed by atoms with van der Waals surface area (Å²) in [6.45, 7) is 3.30. The smallest absolute Gasteiger partial charge is 0.315 e. The number of β-amino-alcohol motifs (C(OH)–C–C–N with tert-alkyl or cyclic N) is 1. The predicted molar refractivity (Wildman–Crippen MR) is 83.1 cm³/mol. The Morgan fingerprint density at radius 1 is 1.27 bits per heavy atom. The number of hydrogen-bond donors (Lipinski definition) is 3. The molecule has 1 atom stereocenters. The van der Waals surface area contributed by atoms with Crippen LogP contribution in [0, 0.1) is 11.3 Å². The number of nitriles is 1. The third-order valence-electron chi connectivity index (χ3n) is 3.70. The van der Waals surface area contributed by atoms with Crippen molar-refractivity contribution in [1.82, 2.24) is 15.5 Å². The lowest BCUT2D eigenvalue weighted by Crippen LogP contribution is -2.43. The van der Waals surface area contributed by atoms with Crippen LogP contribution in [-0.4, -0.2) is 48.3 Å². The van der Waals surface area contributed by atoms with Crippen LogP contribution in [0.15, 0.2) is 24.3 Å². The SMILES string of the molecule is N#Cc1ccc(CNC(=O)NCC(O)CN2CCCC2)cc1. The number of hydrogen-bond acceptors (Lipinski definition) is 4. The molecule has 2 rings (SSSR count). The summed E-state index contributed by atoms with van der Waals surface area (Å²) >= 11 is 0. The van der Waals surface area contributed by atoms with Crippen molar-refractivity contribution in [3.8, 4) is 6.07 Å². The van der Waals surface area contributed by atoms with E-state index in [0.717, 1.165) is 18.7 Å². The summed E-state index contributed by atoms with van der Waals surface area (Å²) in [4.78, 5) is 13.9. The van der Waals surface area contributed by atoms with E-state index in [2.05, 4.69) is 15.5 Å². The first-order valence-corrected chi connectivity index (χ1v) is 7.58. The van der Waals surface area contributed by atoms with Crippen LogP contribution in [0.3, 0.4) is 0 Å². The molecule has 118 valence electrons. The van der Waals surface area contributed by atoms with E-state index in [1.807, 2.05) is 6.07 Å². The van der Waals surface area contributed by atoms with Gasteiger partial charge in [-0.1, -0.05) is 12.1 Å². The maximum atomic E-state index is 11.7. The second kappa shape index (κ2) is 8.37. The average molecular weight is 302 g/mol. The van der Waals surface area contributed by atoms with Gasteiger partial charge in [-0.3, -0.25) is 0 Å². The second-order valence-electron chi connectivity index (χ2n) is 5.53. The van der Waals surface area contributed by atoms with Crippen molar-refractivity contribution in [2.45, 2.75) is 25.5 Å². The van der Waals surface area contributed by atoms with Crippen molar-refractivity contribution >= 4 is 6.03 Å². The quantitative estimate of drug-likeness (QED) is 0.726. The molecule has 1 fully saturated rings. The van der Waals surface area contributed by atoms with Crippen molar-refractivity contribution in [2.75, 3.05) is 26.2 Å². The topological polar surface area (TPSA) is 88.4 Å². The summed E-state index contributed by atoms with van der Waals surface area (Å²) in [5, 5.41) is 24.0. The van der Waals surface area contributed by atoms with Gasteiger partial charge in [0.25, 0.3) is 0 Å². The molecule has 0 aromatic heterocycles. The fourth-order valence-corrected chi connectivity index (χ4v) is 2.48. The zero-order chi connectivity index (χ0) is 15.8. The number of benzene rings is 1. The summed E-state index contributed by atoms with van der Waals surface area (Å²) < 4.78 is 0. The summed E-state index contributed by atoms with van der Waals surface area (Å²) in [5.74, 6) is 0. The number of aliphatic hydroxyl groups is 1. The zero-order valence-electron chi connectivity index (χ0n) is 12.6. The van der Waals surface area contributed by atoms with E-state index in [4.69, 9.17) is 5.26 Å². The standard InChI is InChI=1S/C16H22N4O2/c17-9-13-3-5-14(6-4-13)10-18-16(22)19-11-15(21)12-20-7-1-2-8-20/h3-6,15,21H,1-2,7-8,10-12H2,(H2,18,19,22). The van der Waals surface area contributed by atoms with Crippen LogP contribution in [0.5, 0.6) is 0 Å². The molecule has 1 aliphatic rings. The summed E-state index contributed by atoms with van der Waals surface area (Å²) in [6.07, 6.45) is 1.83. The highest BCUT2D eigenvalue weighted by Crippen LogP contribution is 2.07. The highest BCUT2D eigenvalue weighted by Gasteiger charge is 2.16. The third kappa shape index (κ3) is 5.35. The van der Waals surface area contributed by atoms with Crippen LogP contribution < -0.4 is 10.6 Å². The molecule has 1 saturated heterocycles. The lowest BCUT2D eigenvalue weighted by molar-refractivity contribution is 0.124. The number of likely N-dealkylation sites (tertiary alicyclic amines) is 1. The molecule has 0 saturated carbocycles. The average Bonchev–Trinajstić information content (AvgIpc) is 3.04. The molecule has 1 aromatic rings. The molecule has 1 unspecified atom stereocenters. The first-order valence-electron chi connectivity index (χ1n) is 7.58. The van der Waals surface area contributed by atoms with Gasteiger partial charge in [-0.05, 0) is 43.6 Å². The zero-order valence-corrected chi connectivity index (χ0v) is 12.6. The van der Waals surface area contributed by atoms with Gasteiger partial charge in [-0.25, -0.2) is 4.79 Å². The molecule has 3 N–H and O–H groups in total. The van der Waals surface area contributed by atoms with Gasteiger partial charge in [0.1, 0.15) is 0 Å². The van der Waals surface area contributed by atoms with Crippen molar-refractivity contribution in [3.05, 3.63) is 35.4 Å². The molecule has 6 heteroatoms. The third-order valence-corrected chi connectivity index (χ3v) is 3.70. The van der Waals surface area contributed by atoms with Crippen molar-refractivity contribution in [1.29, 1.82) is 5.26 Å². The molecule has 0 radical (unpaired) electrons. The molecule has 6 nitrogen and oxygen atoms in total. The van der Waals surface area contributed by atoms with E-state index in [0.29, 0.717) is 18.7 Å². The summed E-state index contributed by atoms with van der Waals surface area (Å²) in [7, 11) is 0. The van der Waals surface area contributed by atoms with Crippen LogP contribution >= 0.6 is 0 Å².